The maximum atomic E-state index is 13.0. The molecule has 7 N–H and O–H groups in total. The molecule has 12 rings (SSSR count). The molecule has 3 atom stereocenters. The number of aliphatic hydroxyl groups is 3. The van der Waals surface area contributed by atoms with Crippen molar-refractivity contribution in [2.75, 3.05) is 42.8 Å². The molecule has 0 spiro atoms. The summed E-state index contributed by atoms with van der Waals surface area (Å²) in [5.74, 6) is 1.17. The second-order valence-electron chi connectivity index (χ2n) is 28.4. The van der Waals surface area contributed by atoms with Crippen LogP contribution in [0.2, 0.25) is 0 Å². The zero-order valence-electron chi connectivity index (χ0n) is 62.9. The van der Waals surface area contributed by atoms with E-state index in [0.29, 0.717) is 64.3 Å². The van der Waals surface area contributed by atoms with Crippen LogP contribution in [0.4, 0.5) is 17.5 Å². The molecule has 12 aromatic rings. The number of carbonyl (C=O) groups excluding carboxylic acids is 3. The molecule has 12 heterocycles. The number of amides is 2. The van der Waals surface area contributed by atoms with Gasteiger partial charge in [-0.05, 0) is 151 Å². The lowest BCUT2D eigenvalue weighted by molar-refractivity contribution is 0.0492. The lowest BCUT2D eigenvalue weighted by atomic mass is 9.93. The maximum Gasteiger partial charge on any atom is 0.356 e. The highest BCUT2D eigenvalue weighted by Gasteiger charge is 2.25. The monoisotopic (exact) mass is 1460 g/mol. The molecule has 0 aliphatic carbocycles. The third kappa shape index (κ3) is 20.0. The molecule has 0 unspecified atom stereocenters. The highest BCUT2D eigenvalue weighted by Crippen LogP contribution is 2.28. The summed E-state index contributed by atoms with van der Waals surface area (Å²) in [4.78, 5) is 77.3. The van der Waals surface area contributed by atoms with Crippen LogP contribution in [-0.2, 0) is 21.0 Å². The number of nitrogens with one attached hydrogen (secondary N) is 2. The Morgan fingerprint density at radius 3 is 1.15 bits per heavy atom. The molecule has 560 valence electrons. The van der Waals surface area contributed by atoms with Gasteiger partial charge in [-0.1, -0.05) is 93.9 Å². The van der Waals surface area contributed by atoms with Crippen molar-refractivity contribution in [1.82, 2.24) is 119 Å². The summed E-state index contributed by atoms with van der Waals surface area (Å²) >= 11 is 0. The molecule has 0 saturated heterocycles. The average molecular weight is 1460 g/mol. The summed E-state index contributed by atoms with van der Waals surface area (Å²) in [5, 5.41) is 68.0. The van der Waals surface area contributed by atoms with Crippen molar-refractivity contribution >= 4 is 35.2 Å². The van der Waals surface area contributed by atoms with E-state index >= 15 is 0 Å². The van der Waals surface area contributed by atoms with Gasteiger partial charge in [-0.2, -0.15) is 0 Å². The van der Waals surface area contributed by atoms with Crippen LogP contribution in [0.1, 0.15) is 186 Å². The van der Waals surface area contributed by atoms with Crippen molar-refractivity contribution in [2.24, 2.45) is 0 Å². The molecule has 0 aromatic carbocycles. The average Bonchev–Trinajstić information content (AvgIpc) is 1.75. The van der Waals surface area contributed by atoms with Gasteiger partial charge in [-0.15, -0.1) is 15.3 Å². The summed E-state index contributed by atoms with van der Waals surface area (Å²) in [7, 11) is 0. The number of hydrogen-bond donors (Lipinski definition) is 6. The molecule has 0 saturated carbocycles. The summed E-state index contributed by atoms with van der Waals surface area (Å²) in [6, 6.07) is 19.9. The lowest BCUT2D eigenvalue weighted by Gasteiger charge is -2.14. The summed E-state index contributed by atoms with van der Waals surface area (Å²) in [5.41, 5.74) is 16.0. The Hall–Kier alpha value is -12.2. The Balaban J connectivity index is 0.000000171. The number of tetrazole rings is 3. The highest BCUT2D eigenvalue weighted by atomic mass is 16.5. The molecule has 0 aliphatic rings. The van der Waals surface area contributed by atoms with Crippen LogP contribution in [0.3, 0.4) is 0 Å². The van der Waals surface area contributed by atoms with E-state index in [2.05, 4.69) is 171 Å². The van der Waals surface area contributed by atoms with E-state index in [-0.39, 0.29) is 71.5 Å². The number of rotatable bonds is 20. The van der Waals surface area contributed by atoms with E-state index in [1.54, 1.807) is 124 Å². The second-order valence-corrected chi connectivity index (χ2v) is 28.4. The van der Waals surface area contributed by atoms with Crippen molar-refractivity contribution in [3.63, 3.8) is 0 Å². The summed E-state index contributed by atoms with van der Waals surface area (Å²) in [6.45, 7) is 32.4. The molecule has 0 bridgehead atoms. The number of unbranched alkanes of at least 4 members (excludes halogenated alkanes) is 1. The summed E-state index contributed by atoms with van der Waals surface area (Å²) < 4.78 is 15.4. The normalized spacial score (nSPS) is 12.3. The standard InChI is InChI=1S/2C23H27N9O2.C18H25N3O2.C9H12N6O/c2*1-14-10-24-17(9-18(14)31-11-19(25-13-31)23(3,4)5)22(34)27-20-8-6-7-16(26-20)21-28-29-30-32(21)15(2)12-33;1-6-7-8-23-17(22)14-9-15(13(2)10-19-14)21-11-16(20-12-21)18(3,4)5;1-6(5-16)15-9(12-13-14-15)7-3-2-4-8(10)11-7/h2*6-11,13,15,33H,12H2,1-5H3,(H,26,27,34);9-12H,6-8H2,1-5H3;2-4,6,16H,5H2,1H3,(H2,10,11)/t2*15-;;6-/m11.1/s1. The maximum absolute atomic E-state index is 13.0. The predicted octanol–water partition coefficient (Wildman–Crippen LogP) is 9.16. The molecule has 34 nitrogen and oxygen atoms in total. The first kappa shape index (κ1) is 79.0. The smallest absolute Gasteiger partial charge is 0.356 e. The van der Waals surface area contributed by atoms with Crippen LogP contribution >= 0.6 is 0 Å². The first-order valence-electron chi connectivity index (χ1n) is 34.6. The first-order valence-corrected chi connectivity index (χ1v) is 34.6. The Labute approximate surface area is 618 Å². The second kappa shape index (κ2) is 34.6. The number of aryl methyl sites for hydroxylation is 3. The van der Waals surface area contributed by atoms with Crippen molar-refractivity contribution in [3.05, 3.63) is 180 Å². The molecule has 0 radical (unpaired) electrons. The van der Waals surface area contributed by atoms with Gasteiger partial charge < -0.3 is 50.1 Å². The van der Waals surface area contributed by atoms with Gasteiger partial charge in [0.2, 0.25) is 17.5 Å². The molecule has 107 heavy (non-hydrogen) atoms. The number of nitrogens with zero attached hydrogens (tertiary/aromatic N) is 24. The number of hydrogen-bond acceptors (Lipinski definition) is 26. The van der Waals surface area contributed by atoms with Gasteiger partial charge in [0.05, 0.1) is 97.7 Å². The Kier molecular flexibility index (Phi) is 25.5. The Morgan fingerprint density at radius 2 is 0.822 bits per heavy atom. The van der Waals surface area contributed by atoms with Gasteiger partial charge in [0, 0.05) is 53.4 Å². The van der Waals surface area contributed by atoms with Gasteiger partial charge in [0.15, 0.2) is 0 Å². The Bertz CT molecular complexity index is 4790. The van der Waals surface area contributed by atoms with Crippen molar-refractivity contribution in [3.8, 4) is 51.6 Å². The fourth-order valence-corrected chi connectivity index (χ4v) is 10.0. The minimum absolute atomic E-state index is 0.0197. The van der Waals surface area contributed by atoms with E-state index in [4.69, 9.17) is 15.6 Å². The van der Waals surface area contributed by atoms with E-state index in [1.807, 2.05) is 60.0 Å². The molecule has 34 heteroatoms. The first-order chi connectivity index (χ1) is 50.9. The molecule has 0 fully saturated rings. The molecule has 0 aliphatic heterocycles. The number of aromatic nitrogens is 24. The van der Waals surface area contributed by atoms with Crippen LogP contribution in [-0.4, -0.2) is 179 Å². The number of pyridine rings is 6. The number of nitrogens with two attached hydrogens (primary N) is 1. The van der Waals surface area contributed by atoms with Crippen LogP contribution in [0.25, 0.3) is 51.6 Å². The van der Waals surface area contributed by atoms with E-state index in [0.717, 1.165) is 63.7 Å². The number of imidazole rings is 3. The fraction of sp³-hybridized carbons (Fsp3) is 0.384. The van der Waals surface area contributed by atoms with Crippen LogP contribution in [0, 0.1) is 20.8 Å². The Morgan fingerprint density at radius 1 is 0.486 bits per heavy atom. The van der Waals surface area contributed by atoms with Crippen LogP contribution in [0.5, 0.6) is 0 Å². The van der Waals surface area contributed by atoms with E-state index < -0.39 is 11.8 Å². The van der Waals surface area contributed by atoms with Crippen molar-refractivity contribution < 1.29 is 34.4 Å². The lowest BCUT2D eigenvalue weighted by Crippen LogP contribution is -2.16. The zero-order chi connectivity index (χ0) is 77.5. The molecule has 12 aromatic heterocycles. The number of aliphatic hydroxyl groups excluding tert-OH is 3. The fourth-order valence-electron chi connectivity index (χ4n) is 10.0. The minimum Gasteiger partial charge on any atom is -0.461 e. The number of anilines is 3. The molecule has 2 amide bonds. The predicted molar refractivity (Wildman–Crippen MR) is 398 cm³/mol. The SMILES string of the molecule is CCCCOC(=O)c1cc(-n2cnc(C(C)(C)C)c2)c(C)cn1.C[C@H](CO)n1nnnc1-c1cccc(N)n1.Cc1cnc(C(=O)Nc2cccc(-c3nnnn3[C@H](C)CO)n2)cc1-n1cnc(C(C)(C)C)c1.Cc1cnc(C(=O)Nc2cccc(-c3nnnn3[C@H](C)CO)n2)cc1-n1cnc(C(C)(C)C)c1. The quantitative estimate of drug-likeness (QED) is 0.0306. The van der Waals surface area contributed by atoms with E-state index in [9.17, 15) is 24.6 Å². The van der Waals surface area contributed by atoms with Gasteiger partial charge >= 0.3 is 5.97 Å². The third-order valence-electron chi connectivity index (χ3n) is 16.5. The third-order valence-corrected chi connectivity index (χ3v) is 16.5. The summed E-state index contributed by atoms with van der Waals surface area (Å²) in [6.07, 6.45) is 18.1. The van der Waals surface area contributed by atoms with Crippen LogP contribution < -0.4 is 16.4 Å². The van der Waals surface area contributed by atoms with Crippen LogP contribution in [0.15, 0.2) is 129 Å². The number of carbonyl (C=O) groups is 3. The molecular weight excluding hydrogens is 1370 g/mol. The van der Waals surface area contributed by atoms with Crippen molar-refractivity contribution in [2.45, 2.75) is 158 Å². The number of ether oxygens (including phenoxy) is 1. The number of nitrogen functional groups attached to an aromatic ring is 1. The topological polar surface area (TPSA) is 433 Å². The van der Waals surface area contributed by atoms with Gasteiger partial charge in [0.25, 0.3) is 11.8 Å². The van der Waals surface area contributed by atoms with Gasteiger partial charge in [0.1, 0.15) is 51.6 Å². The van der Waals surface area contributed by atoms with E-state index in [1.165, 1.54) is 14.0 Å². The molecular formula is C73H91N27O7. The minimum atomic E-state index is -0.398. The number of esters is 1. The van der Waals surface area contributed by atoms with Gasteiger partial charge in [-0.25, -0.2) is 53.7 Å². The van der Waals surface area contributed by atoms with Gasteiger partial charge in [-0.3, -0.25) is 19.6 Å². The highest BCUT2D eigenvalue weighted by molar-refractivity contribution is 6.03. The van der Waals surface area contributed by atoms with Crippen molar-refractivity contribution in [1.29, 1.82) is 0 Å². The largest absolute Gasteiger partial charge is 0.461 e. The zero-order valence-corrected chi connectivity index (χ0v) is 62.9.